The van der Waals surface area contributed by atoms with Gasteiger partial charge in [-0.05, 0) is 79.6 Å². The monoisotopic (exact) mass is 419 g/mol. The van der Waals surface area contributed by atoms with Crippen molar-refractivity contribution in [3.63, 3.8) is 0 Å². The van der Waals surface area contributed by atoms with Crippen molar-refractivity contribution in [3.05, 3.63) is 47.3 Å². The summed E-state index contributed by atoms with van der Waals surface area (Å²) in [5.74, 6) is 3.62. The molecule has 7 heteroatoms. The van der Waals surface area contributed by atoms with Gasteiger partial charge in [-0.15, -0.1) is 0 Å². The topological polar surface area (TPSA) is 80.1 Å². The van der Waals surface area contributed by atoms with Gasteiger partial charge in [0.15, 0.2) is 5.16 Å². The Morgan fingerprint density at radius 1 is 1.07 bits per heavy atom. The summed E-state index contributed by atoms with van der Waals surface area (Å²) in [5, 5.41) is 4.00. The van der Waals surface area contributed by atoms with E-state index in [1.807, 2.05) is 24.3 Å². The van der Waals surface area contributed by atoms with E-state index >= 15 is 0 Å². The Bertz CT molecular complexity index is 1020. The van der Waals surface area contributed by atoms with Crippen molar-refractivity contribution in [1.82, 2.24) is 15.0 Å². The van der Waals surface area contributed by atoms with Crippen molar-refractivity contribution in [2.75, 3.05) is 11.9 Å². The van der Waals surface area contributed by atoms with E-state index < -0.39 is 0 Å². The minimum Gasteiger partial charge on any atom is -0.309 e. The Kier molecular flexibility index (Phi) is 5.37. The maximum absolute atomic E-state index is 11.3. The van der Waals surface area contributed by atoms with Crippen molar-refractivity contribution >= 4 is 29.3 Å². The largest absolute Gasteiger partial charge is 0.309 e. The van der Waals surface area contributed by atoms with Gasteiger partial charge in [-0.2, -0.15) is 9.97 Å². The number of amidine groups is 1. The van der Waals surface area contributed by atoms with Crippen LogP contribution in [0.25, 0.3) is 0 Å². The van der Waals surface area contributed by atoms with Crippen LogP contribution < -0.4 is 5.32 Å². The number of rotatable bonds is 7. The fourth-order valence-corrected chi connectivity index (χ4v) is 4.48. The lowest BCUT2D eigenvalue weighted by atomic mass is 9.80. The molecule has 0 saturated heterocycles. The van der Waals surface area contributed by atoms with Gasteiger partial charge in [-0.25, -0.2) is 4.98 Å². The Morgan fingerprint density at radius 2 is 1.87 bits per heavy atom. The maximum atomic E-state index is 11.3. The second-order valence-electron chi connectivity index (χ2n) is 8.37. The van der Waals surface area contributed by atoms with Gasteiger partial charge < -0.3 is 5.32 Å². The van der Waals surface area contributed by atoms with Gasteiger partial charge >= 0.3 is 0 Å². The lowest BCUT2D eigenvalue weighted by Crippen LogP contribution is -2.15. The summed E-state index contributed by atoms with van der Waals surface area (Å²) in [7, 11) is 0. The minimum atomic E-state index is 0.169. The molecule has 1 aromatic carbocycles. The second kappa shape index (κ2) is 8.30. The molecule has 2 aromatic rings. The summed E-state index contributed by atoms with van der Waals surface area (Å²) in [5.41, 5.74) is 2.46. The van der Waals surface area contributed by atoms with Crippen molar-refractivity contribution in [1.29, 1.82) is 0 Å². The third-order valence-electron chi connectivity index (χ3n) is 5.78. The van der Waals surface area contributed by atoms with Crippen LogP contribution in [0.1, 0.15) is 56.3 Å². The van der Waals surface area contributed by atoms with Crippen LogP contribution in [0.2, 0.25) is 0 Å². The van der Waals surface area contributed by atoms with Crippen LogP contribution in [0, 0.1) is 5.92 Å². The van der Waals surface area contributed by atoms with Crippen molar-refractivity contribution < 1.29 is 4.79 Å². The third-order valence-corrected chi connectivity index (χ3v) is 6.66. The normalized spacial score (nSPS) is 18.6. The lowest BCUT2D eigenvalue weighted by molar-refractivity contribution is -0.116. The van der Waals surface area contributed by atoms with Crippen molar-refractivity contribution in [3.8, 4) is 0 Å². The molecule has 0 amide bonds. The van der Waals surface area contributed by atoms with Crippen LogP contribution in [-0.4, -0.2) is 33.1 Å². The summed E-state index contributed by atoms with van der Waals surface area (Å²) in [6.45, 7) is 2.40. The zero-order valence-corrected chi connectivity index (χ0v) is 17.9. The number of carbonyl (C=O) groups is 1. The summed E-state index contributed by atoms with van der Waals surface area (Å²) in [6, 6.07) is 8.02. The van der Waals surface area contributed by atoms with Crippen LogP contribution in [0.15, 0.2) is 51.0 Å². The van der Waals surface area contributed by atoms with Gasteiger partial charge in [-0.1, -0.05) is 18.6 Å². The Hall–Kier alpha value is -2.54. The molecule has 0 radical (unpaired) electrons. The quantitative estimate of drug-likeness (QED) is 0.707. The van der Waals surface area contributed by atoms with Gasteiger partial charge in [0.1, 0.15) is 17.4 Å². The third kappa shape index (κ3) is 4.61. The van der Waals surface area contributed by atoms with Crippen molar-refractivity contribution in [2.45, 2.75) is 61.4 Å². The molecule has 5 rings (SSSR count). The highest BCUT2D eigenvalue weighted by atomic mass is 32.2. The molecule has 1 aromatic heterocycles. The number of carbonyl (C=O) groups excluding carboxylic acids is 1. The van der Waals surface area contributed by atoms with Gasteiger partial charge in [-0.3, -0.25) is 9.79 Å². The molecule has 0 unspecified atom stereocenters. The molecule has 6 nitrogen and oxygen atoms in total. The number of Topliss-reactive ketones (excluding diaryl/α,β-unsaturated/α-hetero) is 1. The minimum absolute atomic E-state index is 0.169. The molecule has 0 atom stereocenters. The first-order valence-electron chi connectivity index (χ1n) is 10.7. The Balaban J connectivity index is 1.32. The van der Waals surface area contributed by atoms with Gasteiger partial charge in [0.25, 0.3) is 0 Å². The molecule has 3 aliphatic rings. The number of anilines is 1. The van der Waals surface area contributed by atoms with Crippen molar-refractivity contribution in [2.24, 2.45) is 10.9 Å². The van der Waals surface area contributed by atoms with E-state index in [1.165, 1.54) is 36.6 Å². The molecule has 0 bridgehead atoms. The molecule has 1 aliphatic heterocycles. The first-order valence-corrected chi connectivity index (χ1v) is 11.5. The Morgan fingerprint density at radius 3 is 2.53 bits per heavy atom. The number of nitrogens with zero attached hydrogens (tertiary/aromatic N) is 4. The SMILES string of the molecule is CC(=O)Cc1ccc(Sc2nc(NC3=NCC(C4CCC4)=C3)nc(C3CC3)n2)cc1. The first kappa shape index (κ1) is 19.4. The number of hydrogen-bond donors (Lipinski definition) is 1. The summed E-state index contributed by atoms with van der Waals surface area (Å²) >= 11 is 1.52. The van der Waals surface area contributed by atoms with E-state index in [9.17, 15) is 4.79 Å². The molecular formula is C23H25N5OS. The van der Waals surface area contributed by atoms with Crippen LogP contribution in [0.3, 0.4) is 0 Å². The highest BCUT2D eigenvalue weighted by Gasteiger charge is 2.28. The van der Waals surface area contributed by atoms with Crippen LogP contribution in [-0.2, 0) is 11.2 Å². The fraction of sp³-hybridized carbons (Fsp3) is 0.435. The molecule has 0 spiro atoms. The predicted octanol–water partition coefficient (Wildman–Crippen LogP) is 4.58. The molecule has 2 aliphatic carbocycles. The van der Waals surface area contributed by atoms with E-state index in [1.54, 1.807) is 6.92 Å². The lowest BCUT2D eigenvalue weighted by Gasteiger charge is -2.26. The van der Waals surface area contributed by atoms with E-state index in [2.05, 4.69) is 26.4 Å². The van der Waals surface area contributed by atoms with Gasteiger partial charge in [0, 0.05) is 17.2 Å². The van der Waals surface area contributed by atoms with Crippen LogP contribution >= 0.6 is 11.8 Å². The zero-order chi connectivity index (χ0) is 20.5. The smallest absolute Gasteiger partial charge is 0.232 e. The average molecular weight is 420 g/mol. The standard InChI is InChI=1S/C23H25N5OS/c1-14(29)11-15-5-9-19(10-6-15)30-23-27-21(17-7-8-17)26-22(28-23)25-20-12-18(13-24-20)16-3-2-4-16/h5-6,9-10,12,16-17H,2-4,7-8,11,13H2,1H3,(H,24,25,26,27,28). The summed E-state index contributed by atoms with van der Waals surface area (Å²) in [6.07, 6.45) is 8.83. The van der Waals surface area contributed by atoms with Crippen LogP contribution in [0.4, 0.5) is 5.95 Å². The Labute approximate surface area is 180 Å². The van der Waals surface area contributed by atoms with E-state index in [4.69, 9.17) is 4.98 Å². The maximum Gasteiger partial charge on any atom is 0.232 e. The molecule has 2 heterocycles. The highest BCUT2D eigenvalue weighted by molar-refractivity contribution is 7.99. The summed E-state index contributed by atoms with van der Waals surface area (Å²) < 4.78 is 0. The molecule has 30 heavy (non-hydrogen) atoms. The fourth-order valence-electron chi connectivity index (χ4n) is 3.73. The number of benzene rings is 1. The van der Waals surface area contributed by atoms with Gasteiger partial charge in [0.05, 0.1) is 6.54 Å². The molecular weight excluding hydrogens is 394 g/mol. The predicted molar refractivity (Wildman–Crippen MR) is 118 cm³/mol. The number of aromatic nitrogens is 3. The molecule has 2 fully saturated rings. The zero-order valence-electron chi connectivity index (χ0n) is 17.1. The molecule has 1 N–H and O–H groups in total. The number of hydrogen-bond acceptors (Lipinski definition) is 7. The number of aliphatic imine (C=N–C) groups is 1. The first-order chi connectivity index (χ1) is 14.6. The number of nitrogens with one attached hydrogen (secondary N) is 1. The molecule has 154 valence electrons. The highest BCUT2D eigenvalue weighted by Crippen LogP contribution is 2.39. The summed E-state index contributed by atoms with van der Waals surface area (Å²) in [4.78, 5) is 31.0. The van der Waals surface area contributed by atoms with E-state index in [0.29, 0.717) is 29.4 Å². The van der Waals surface area contributed by atoms with Gasteiger partial charge in [0.2, 0.25) is 5.95 Å². The molecule has 2 saturated carbocycles. The van der Waals surface area contributed by atoms with E-state index in [-0.39, 0.29) is 5.78 Å². The average Bonchev–Trinajstić information content (AvgIpc) is 3.43. The van der Waals surface area contributed by atoms with Crippen LogP contribution in [0.5, 0.6) is 0 Å². The van der Waals surface area contributed by atoms with E-state index in [0.717, 1.165) is 41.5 Å². The number of ketones is 1. The second-order valence-corrected chi connectivity index (χ2v) is 9.41.